The van der Waals surface area contributed by atoms with Crippen LogP contribution < -0.4 is 4.74 Å². The number of carbonyl (C=O) groups is 1. The molecule has 0 aromatic heterocycles. The van der Waals surface area contributed by atoms with E-state index in [2.05, 4.69) is 0 Å². The van der Waals surface area contributed by atoms with E-state index in [-0.39, 0.29) is 12.2 Å². The summed E-state index contributed by atoms with van der Waals surface area (Å²) in [7, 11) is 0. The van der Waals surface area contributed by atoms with Crippen LogP contribution in [0, 0.1) is 5.82 Å². The van der Waals surface area contributed by atoms with E-state index in [0.29, 0.717) is 17.1 Å². The van der Waals surface area contributed by atoms with E-state index in [9.17, 15) is 14.3 Å². The Bertz CT molecular complexity index is 618. The summed E-state index contributed by atoms with van der Waals surface area (Å²) in [6, 6.07) is 12.0. The molecular weight excluding hydrogens is 275 g/mol. The van der Waals surface area contributed by atoms with Gasteiger partial charge in [-0.15, -0.1) is 0 Å². The minimum atomic E-state index is -1.44. The van der Waals surface area contributed by atoms with Crippen LogP contribution in [-0.2, 0) is 10.4 Å². The van der Waals surface area contributed by atoms with E-state index in [0.717, 1.165) is 0 Å². The Hall–Kier alpha value is -2.40. The molecule has 0 aliphatic rings. The number of rotatable bonds is 5. The van der Waals surface area contributed by atoms with E-state index >= 15 is 0 Å². The minimum absolute atomic E-state index is 0.345. The highest BCUT2D eigenvalue weighted by atomic mass is 19.1. The van der Waals surface area contributed by atoms with E-state index in [1.165, 1.54) is 31.2 Å². The van der Waals surface area contributed by atoms with Crippen LogP contribution in [0.2, 0.25) is 0 Å². The number of carboxylic acids is 1. The maximum atomic E-state index is 12.8. The third kappa shape index (κ3) is 4.03. The number of aliphatic carboxylic acids is 1. The van der Waals surface area contributed by atoms with Gasteiger partial charge in [0.2, 0.25) is 0 Å². The molecule has 21 heavy (non-hydrogen) atoms. The zero-order valence-electron chi connectivity index (χ0n) is 11.4. The molecule has 0 spiro atoms. The van der Waals surface area contributed by atoms with Gasteiger partial charge in [-0.3, -0.25) is 4.79 Å². The molecule has 5 heteroatoms. The van der Waals surface area contributed by atoms with Gasteiger partial charge in [0.25, 0.3) is 0 Å². The first-order valence-electron chi connectivity index (χ1n) is 6.35. The lowest BCUT2D eigenvalue weighted by Crippen LogP contribution is -2.24. The molecule has 2 aromatic carbocycles. The Kier molecular flexibility index (Phi) is 4.23. The molecule has 0 bridgehead atoms. The third-order valence-electron chi connectivity index (χ3n) is 3.02. The lowest BCUT2D eigenvalue weighted by molar-refractivity contribution is -0.142. The lowest BCUT2D eigenvalue weighted by atomic mass is 9.93. The predicted octanol–water partition coefficient (Wildman–Crippen LogP) is 3.30. The zero-order chi connectivity index (χ0) is 15.5. The summed E-state index contributed by atoms with van der Waals surface area (Å²) < 4.78 is 18.3. The van der Waals surface area contributed by atoms with Gasteiger partial charge in [0, 0.05) is 0 Å². The van der Waals surface area contributed by atoms with Crippen LogP contribution >= 0.6 is 0 Å². The molecule has 0 amide bonds. The van der Waals surface area contributed by atoms with Gasteiger partial charge in [-0.1, -0.05) is 12.1 Å². The van der Waals surface area contributed by atoms with E-state index in [4.69, 9.17) is 9.84 Å². The van der Waals surface area contributed by atoms with E-state index < -0.39 is 11.6 Å². The van der Waals surface area contributed by atoms with Gasteiger partial charge in [-0.25, -0.2) is 4.39 Å². The molecular formula is C16H15FO4. The fourth-order valence-corrected chi connectivity index (χ4v) is 1.92. The van der Waals surface area contributed by atoms with Gasteiger partial charge in [0.1, 0.15) is 17.3 Å². The maximum absolute atomic E-state index is 12.8. The highest BCUT2D eigenvalue weighted by Crippen LogP contribution is 2.28. The molecule has 0 aliphatic heterocycles. The van der Waals surface area contributed by atoms with Crippen molar-refractivity contribution in [1.29, 1.82) is 0 Å². The van der Waals surface area contributed by atoms with Crippen LogP contribution in [0.5, 0.6) is 11.5 Å². The van der Waals surface area contributed by atoms with Crippen molar-refractivity contribution in [3.63, 3.8) is 0 Å². The number of hydrogen-bond acceptors (Lipinski definition) is 3. The average molecular weight is 290 g/mol. The Morgan fingerprint density at radius 1 is 1.10 bits per heavy atom. The van der Waals surface area contributed by atoms with Gasteiger partial charge in [0.05, 0.1) is 12.0 Å². The molecule has 2 N–H and O–H groups in total. The largest absolute Gasteiger partial charge is 0.481 e. The SMILES string of the molecule is CC(O)(CC(=O)O)c1ccc(Oc2ccc(F)cc2)cc1. The summed E-state index contributed by atoms with van der Waals surface area (Å²) in [5, 5.41) is 18.9. The van der Waals surface area contributed by atoms with Gasteiger partial charge < -0.3 is 14.9 Å². The Balaban J connectivity index is 2.11. The summed E-state index contributed by atoms with van der Waals surface area (Å²) in [4.78, 5) is 10.7. The molecule has 1 unspecified atom stereocenters. The lowest BCUT2D eigenvalue weighted by Gasteiger charge is -2.21. The number of benzene rings is 2. The molecule has 0 saturated carbocycles. The monoisotopic (exact) mass is 290 g/mol. The van der Waals surface area contributed by atoms with Crippen molar-refractivity contribution in [3.8, 4) is 11.5 Å². The molecule has 0 aliphatic carbocycles. The predicted molar refractivity (Wildman–Crippen MR) is 74.7 cm³/mol. The number of hydrogen-bond donors (Lipinski definition) is 2. The fourth-order valence-electron chi connectivity index (χ4n) is 1.92. The quantitative estimate of drug-likeness (QED) is 0.886. The minimum Gasteiger partial charge on any atom is -0.481 e. The first-order chi connectivity index (χ1) is 9.87. The van der Waals surface area contributed by atoms with E-state index in [1.54, 1.807) is 24.3 Å². The normalized spacial score (nSPS) is 13.5. The Morgan fingerprint density at radius 3 is 2.05 bits per heavy atom. The van der Waals surface area contributed by atoms with Gasteiger partial charge in [-0.2, -0.15) is 0 Å². The number of aliphatic hydroxyl groups is 1. The van der Waals surface area contributed by atoms with E-state index in [1.807, 2.05) is 0 Å². The second-order valence-electron chi connectivity index (χ2n) is 4.92. The van der Waals surface area contributed by atoms with Crippen molar-refractivity contribution in [2.24, 2.45) is 0 Å². The summed E-state index contributed by atoms with van der Waals surface area (Å²) in [6.45, 7) is 1.44. The van der Waals surface area contributed by atoms with Crippen LogP contribution in [0.4, 0.5) is 4.39 Å². The standard InChI is InChI=1S/C16H15FO4/c1-16(20,10-15(18)19)11-2-6-13(7-3-11)21-14-8-4-12(17)5-9-14/h2-9,20H,10H2,1H3,(H,18,19). The maximum Gasteiger partial charge on any atom is 0.306 e. The molecule has 0 saturated heterocycles. The first kappa shape index (κ1) is 15.0. The van der Waals surface area contributed by atoms with Crippen LogP contribution in [0.3, 0.4) is 0 Å². The van der Waals surface area contributed by atoms with Gasteiger partial charge in [0.15, 0.2) is 0 Å². The molecule has 2 aromatic rings. The van der Waals surface area contributed by atoms with Crippen molar-refractivity contribution in [2.75, 3.05) is 0 Å². The molecule has 0 radical (unpaired) electrons. The van der Waals surface area contributed by atoms with Crippen molar-refractivity contribution in [2.45, 2.75) is 18.9 Å². The average Bonchev–Trinajstić information content (AvgIpc) is 2.41. The number of ether oxygens (including phenoxy) is 1. The smallest absolute Gasteiger partial charge is 0.306 e. The van der Waals surface area contributed by atoms with Gasteiger partial charge in [-0.05, 0) is 48.9 Å². The second kappa shape index (κ2) is 5.93. The number of carboxylic acid groups (broad SMARTS) is 1. The molecule has 110 valence electrons. The summed E-state index contributed by atoms with van der Waals surface area (Å²) in [5.74, 6) is -0.424. The van der Waals surface area contributed by atoms with Crippen molar-refractivity contribution in [1.82, 2.24) is 0 Å². The summed E-state index contributed by atoms with van der Waals surface area (Å²) in [5.41, 5.74) is -0.961. The van der Waals surface area contributed by atoms with Gasteiger partial charge >= 0.3 is 5.97 Å². The molecule has 2 rings (SSSR count). The summed E-state index contributed by atoms with van der Waals surface area (Å²) >= 11 is 0. The second-order valence-corrected chi connectivity index (χ2v) is 4.92. The fraction of sp³-hybridized carbons (Fsp3) is 0.188. The third-order valence-corrected chi connectivity index (χ3v) is 3.02. The highest BCUT2D eigenvalue weighted by molar-refractivity contribution is 5.68. The van der Waals surface area contributed by atoms with Crippen LogP contribution in [0.25, 0.3) is 0 Å². The van der Waals surface area contributed by atoms with Crippen LogP contribution in [-0.4, -0.2) is 16.2 Å². The molecule has 4 nitrogen and oxygen atoms in total. The Labute approximate surface area is 121 Å². The van der Waals surface area contributed by atoms with Crippen molar-refractivity contribution >= 4 is 5.97 Å². The highest BCUT2D eigenvalue weighted by Gasteiger charge is 2.26. The molecule has 1 atom stereocenters. The van der Waals surface area contributed by atoms with Crippen LogP contribution in [0.1, 0.15) is 18.9 Å². The van der Waals surface area contributed by atoms with Crippen molar-refractivity contribution < 1.29 is 24.1 Å². The molecule has 0 fully saturated rings. The summed E-state index contributed by atoms with van der Waals surface area (Å²) in [6.07, 6.45) is -0.384. The zero-order valence-corrected chi connectivity index (χ0v) is 11.4. The Morgan fingerprint density at radius 2 is 1.57 bits per heavy atom. The van der Waals surface area contributed by atoms with Crippen molar-refractivity contribution in [3.05, 3.63) is 59.9 Å². The molecule has 0 heterocycles. The first-order valence-corrected chi connectivity index (χ1v) is 6.35. The van der Waals surface area contributed by atoms with Crippen LogP contribution in [0.15, 0.2) is 48.5 Å². The topological polar surface area (TPSA) is 66.8 Å². The number of halogens is 1.